The molecule has 7 heteroatoms. The first-order valence-electron chi connectivity index (χ1n) is 9.10. The molecule has 0 saturated carbocycles. The minimum atomic E-state index is -0.772. The van der Waals surface area contributed by atoms with Crippen LogP contribution in [0.15, 0.2) is 42.6 Å². The third kappa shape index (κ3) is 4.33. The second-order valence-corrected chi connectivity index (χ2v) is 6.68. The number of aliphatic hydroxyl groups is 1. The number of hydrogen-bond donors (Lipinski definition) is 1. The Bertz CT molecular complexity index is 1010. The lowest BCUT2D eigenvalue weighted by Crippen LogP contribution is -2.07. The molecule has 0 aliphatic rings. The molecular weight excluding hydrogens is 400 g/mol. The molecule has 0 bridgehead atoms. The van der Waals surface area contributed by atoms with Gasteiger partial charge >= 0.3 is 0 Å². The highest BCUT2D eigenvalue weighted by Gasteiger charge is 2.25. The summed E-state index contributed by atoms with van der Waals surface area (Å²) in [7, 11) is 0. The van der Waals surface area contributed by atoms with Gasteiger partial charge < -0.3 is 14.6 Å². The topological polar surface area (TPSA) is 51.6 Å². The maximum absolute atomic E-state index is 15.2. The van der Waals surface area contributed by atoms with Gasteiger partial charge in [0.1, 0.15) is 23.9 Å². The minimum absolute atomic E-state index is 0.0900. The minimum Gasteiger partial charge on any atom is -0.473 e. The van der Waals surface area contributed by atoms with Crippen molar-refractivity contribution in [3.63, 3.8) is 0 Å². The monoisotopic (exact) mass is 419 g/mol. The van der Waals surface area contributed by atoms with E-state index in [9.17, 15) is 4.39 Å². The van der Waals surface area contributed by atoms with Crippen LogP contribution in [0.1, 0.15) is 18.1 Å². The number of hydrogen-bond acceptors (Lipinski definition) is 4. The number of rotatable bonds is 7. The van der Waals surface area contributed by atoms with E-state index < -0.39 is 11.6 Å². The fourth-order valence-corrected chi connectivity index (χ4v) is 3.33. The van der Waals surface area contributed by atoms with Crippen LogP contribution < -0.4 is 9.47 Å². The van der Waals surface area contributed by atoms with Crippen molar-refractivity contribution in [3.8, 4) is 28.5 Å². The van der Waals surface area contributed by atoms with E-state index in [0.29, 0.717) is 23.3 Å². The summed E-state index contributed by atoms with van der Waals surface area (Å²) in [6, 6.07) is 10.1. The van der Waals surface area contributed by atoms with Crippen LogP contribution >= 0.6 is 11.6 Å². The maximum Gasteiger partial charge on any atom is 0.251 e. The molecule has 152 valence electrons. The molecule has 0 saturated heterocycles. The Morgan fingerprint density at radius 1 is 1.14 bits per heavy atom. The second kappa shape index (κ2) is 9.20. The van der Waals surface area contributed by atoms with E-state index in [1.807, 2.05) is 13.0 Å². The molecule has 1 aromatic heterocycles. The first-order valence-corrected chi connectivity index (χ1v) is 9.48. The highest BCUT2D eigenvalue weighted by Crippen LogP contribution is 2.43. The smallest absolute Gasteiger partial charge is 0.251 e. The number of aryl methyl sites for hydroxylation is 1. The largest absolute Gasteiger partial charge is 0.473 e. The van der Waals surface area contributed by atoms with Crippen LogP contribution in [0.2, 0.25) is 5.02 Å². The van der Waals surface area contributed by atoms with Crippen LogP contribution in [0, 0.1) is 18.6 Å². The van der Waals surface area contributed by atoms with Crippen LogP contribution in [-0.2, 0) is 6.42 Å². The predicted molar refractivity (Wildman–Crippen MR) is 108 cm³/mol. The molecule has 0 spiro atoms. The Kier molecular flexibility index (Phi) is 6.67. The van der Waals surface area contributed by atoms with Gasteiger partial charge in [0, 0.05) is 29.0 Å². The first kappa shape index (κ1) is 21.0. The average Bonchev–Trinajstić information content (AvgIpc) is 2.72. The van der Waals surface area contributed by atoms with Crippen molar-refractivity contribution in [2.45, 2.75) is 20.3 Å². The van der Waals surface area contributed by atoms with Gasteiger partial charge in [-0.2, -0.15) is 0 Å². The van der Waals surface area contributed by atoms with Gasteiger partial charge in [0.15, 0.2) is 5.82 Å². The van der Waals surface area contributed by atoms with E-state index in [2.05, 4.69) is 4.98 Å². The van der Waals surface area contributed by atoms with Crippen molar-refractivity contribution in [3.05, 3.63) is 70.4 Å². The Balaban J connectivity index is 2.22. The van der Waals surface area contributed by atoms with Crippen molar-refractivity contribution in [1.29, 1.82) is 0 Å². The number of ether oxygens (including phenoxy) is 2. The SMILES string of the molecule is CCc1c(Oc2ccccc2)cc(F)c(Cl)c1-c1c(C)cnc(OCCO)c1F. The first-order chi connectivity index (χ1) is 14.0. The molecule has 0 aliphatic heterocycles. The summed E-state index contributed by atoms with van der Waals surface area (Å²) in [4.78, 5) is 3.92. The predicted octanol–water partition coefficient (Wildman–Crippen LogP) is 5.71. The lowest BCUT2D eigenvalue weighted by molar-refractivity contribution is 0.191. The number of para-hydroxylation sites is 1. The van der Waals surface area contributed by atoms with E-state index in [0.717, 1.165) is 0 Å². The van der Waals surface area contributed by atoms with E-state index in [-0.39, 0.29) is 41.0 Å². The Morgan fingerprint density at radius 3 is 2.52 bits per heavy atom. The van der Waals surface area contributed by atoms with Crippen LogP contribution in [0.4, 0.5) is 8.78 Å². The lowest BCUT2D eigenvalue weighted by atomic mass is 9.94. The van der Waals surface area contributed by atoms with Crippen molar-refractivity contribution in [1.82, 2.24) is 4.98 Å². The van der Waals surface area contributed by atoms with Crippen LogP contribution in [0.5, 0.6) is 17.4 Å². The number of benzene rings is 2. The van der Waals surface area contributed by atoms with Crippen molar-refractivity contribution in [2.75, 3.05) is 13.2 Å². The summed E-state index contributed by atoms with van der Waals surface area (Å²) < 4.78 is 41.0. The van der Waals surface area contributed by atoms with Gasteiger partial charge in [-0.3, -0.25) is 0 Å². The van der Waals surface area contributed by atoms with Crippen LogP contribution in [0.25, 0.3) is 11.1 Å². The number of pyridine rings is 1. The van der Waals surface area contributed by atoms with Gasteiger partial charge in [-0.25, -0.2) is 13.8 Å². The molecule has 0 radical (unpaired) electrons. The zero-order chi connectivity index (χ0) is 21.0. The lowest BCUT2D eigenvalue weighted by Gasteiger charge is -2.19. The number of aromatic nitrogens is 1. The molecule has 0 unspecified atom stereocenters. The molecule has 2 aromatic carbocycles. The third-order valence-electron chi connectivity index (χ3n) is 4.37. The zero-order valence-electron chi connectivity index (χ0n) is 16.0. The van der Waals surface area contributed by atoms with Crippen molar-refractivity contribution in [2.24, 2.45) is 0 Å². The summed E-state index contributed by atoms with van der Waals surface area (Å²) in [5.41, 5.74) is 1.31. The van der Waals surface area contributed by atoms with E-state index in [1.54, 1.807) is 31.2 Å². The van der Waals surface area contributed by atoms with Crippen molar-refractivity contribution >= 4 is 11.6 Å². The summed E-state index contributed by atoms with van der Waals surface area (Å²) in [5, 5.41) is 8.73. The second-order valence-electron chi connectivity index (χ2n) is 6.30. The molecule has 29 heavy (non-hydrogen) atoms. The fourth-order valence-electron chi connectivity index (χ4n) is 3.07. The summed E-state index contributed by atoms with van der Waals surface area (Å²) in [5.74, 6) is -1.00. The molecule has 4 nitrogen and oxygen atoms in total. The van der Waals surface area contributed by atoms with E-state index in [4.69, 9.17) is 26.2 Å². The molecule has 3 rings (SSSR count). The zero-order valence-corrected chi connectivity index (χ0v) is 16.8. The van der Waals surface area contributed by atoms with Crippen molar-refractivity contribution < 1.29 is 23.4 Å². The molecular formula is C22H20ClF2NO3. The third-order valence-corrected chi connectivity index (χ3v) is 4.74. The summed E-state index contributed by atoms with van der Waals surface area (Å²) in [6.45, 7) is 3.09. The standard InChI is InChI=1S/C22H20ClF2NO3/c1-3-15-17(29-14-7-5-4-6-8-14)11-16(24)20(23)19(15)18-13(2)12-26-22(21(18)25)28-10-9-27/h4-8,11-12,27H,3,9-10H2,1-2H3. The molecule has 0 fully saturated rings. The fraction of sp³-hybridized carbons (Fsp3) is 0.227. The van der Waals surface area contributed by atoms with Gasteiger partial charge in [-0.05, 0) is 31.0 Å². The van der Waals surface area contributed by atoms with Gasteiger partial charge in [0.2, 0.25) is 0 Å². The van der Waals surface area contributed by atoms with E-state index >= 15 is 4.39 Å². The van der Waals surface area contributed by atoms with Gasteiger partial charge in [-0.15, -0.1) is 0 Å². The summed E-state index contributed by atoms with van der Waals surface area (Å²) in [6.07, 6.45) is 1.84. The van der Waals surface area contributed by atoms with Crippen LogP contribution in [-0.4, -0.2) is 23.3 Å². The molecule has 0 amide bonds. The molecule has 1 N–H and O–H groups in total. The Labute approximate surface area is 172 Å². The van der Waals surface area contributed by atoms with Gasteiger partial charge in [-0.1, -0.05) is 36.7 Å². The van der Waals surface area contributed by atoms with Gasteiger partial charge in [0.25, 0.3) is 5.88 Å². The molecule has 3 aromatic rings. The van der Waals surface area contributed by atoms with Crippen LogP contribution in [0.3, 0.4) is 0 Å². The number of nitrogens with zero attached hydrogens (tertiary/aromatic N) is 1. The molecule has 1 heterocycles. The highest BCUT2D eigenvalue weighted by molar-refractivity contribution is 6.33. The van der Waals surface area contributed by atoms with E-state index in [1.165, 1.54) is 12.3 Å². The Hall–Kier alpha value is -2.70. The number of halogens is 3. The Morgan fingerprint density at radius 2 is 1.86 bits per heavy atom. The van der Waals surface area contributed by atoms with Gasteiger partial charge in [0.05, 0.1) is 11.6 Å². The number of aliphatic hydroxyl groups excluding tert-OH is 1. The highest BCUT2D eigenvalue weighted by atomic mass is 35.5. The molecule has 0 aliphatic carbocycles. The maximum atomic E-state index is 15.2. The quantitative estimate of drug-likeness (QED) is 0.532. The summed E-state index contributed by atoms with van der Waals surface area (Å²) >= 11 is 6.29. The normalized spacial score (nSPS) is 10.8. The average molecular weight is 420 g/mol. The molecule has 0 atom stereocenters.